The average molecular weight is 114 g/mol. The van der Waals surface area contributed by atoms with Crippen LogP contribution in [-0.2, 0) is 0 Å². The normalized spacial score (nSPS) is 10.1. The van der Waals surface area contributed by atoms with Crippen molar-refractivity contribution in [2.45, 2.75) is 6.42 Å². The first-order chi connectivity index (χ1) is 3.77. The fourth-order valence-corrected chi connectivity index (χ4v) is 0.278. The highest BCUT2D eigenvalue weighted by Crippen LogP contribution is 1.78. The van der Waals surface area contributed by atoms with Gasteiger partial charge in [0.25, 0.3) is 0 Å². The summed E-state index contributed by atoms with van der Waals surface area (Å²) in [4.78, 5) is 9.23. The molecule has 0 atom stereocenters. The van der Waals surface area contributed by atoms with Gasteiger partial charge in [0, 0.05) is 4.92 Å². The van der Waals surface area contributed by atoms with Gasteiger partial charge in [-0.15, -0.1) is 0 Å². The Kier molecular flexibility index (Phi) is 3.84. The molecule has 0 heterocycles. The first kappa shape index (κ1) is 7.14. The predicted molar refractivity (Wildman–Crippen MR) is 31.0 cm³/mol. The summed E-state index contributed by atoms with van der Waals surface area (Å²) in [6.07, 6.45) is 3.78. The number of nitrogens with zero attached hydrogens (tertiary/aromatic N) is 1. The second kappa shape index (κ2) is 4.30. The van der Waals surface area contributed by atoms with E-state index >= 15 is 0 Å². The Labute approximate surface area is 48.2 Å². The first-order valence-electron chi connectivity index (χ1n) is 2.33. The van der Waals surface area contributed by atoms with Crippen LogP contribution in [0.5, 0.6) is 0 Å². The minimum Gasteiger partial charge on any atom is -0.264 e. The zero-order chi connectivity index (χ0) is 6.41. The predicted octanol–water partition coefficient (Wildman–Crippen LogP) is 1.04. The second-order valence-electron chi connectivity index (χ2n) is 1.28. The third-order valence-corrected chi connectivity index (χ3v) is 0.588. The van der Waals surface area contributed by atoms with E-state index < -0.39 is 0 Å². The summed E-state index contributed by atoms with van der Waals surface area (Å²) in [5, 5.41) is 9.61. The minimum atomic E-state index is -0.383. The van der Waals surface area contributed by atoms with E-state index in [2.05, 4.69) is 6.92 Å². The van der Waals surface area contributed by atoms with Gasteiger partial charge >= 0.3 is 0 Å². The van der Waals surface area contributed by atoms with Gasteiger partial charge in [-0.1, -0.05) is 6.08 Å². The lowest BCUT2D eigenvalue weighted by Crippen LogP contribution is -1.95. The maximum absolute atomic E-state index is 9.61. The molecule has 0 aromatic heterocycles. The van der Waals surface area contributed by atoms with E-state index in [0.29, 0.717) is 6.42 Å². The van der Waals surface area contributed by atoms with E-state index in [0.717, 1.165) is 0 Å². The molecule has 0 aromatic carbocycles. The molecule has 0 N–H and O–H groups in total. The third-order valence-electron chi connectivity index (χ3n) is 0.588. The van der Waals surface area contributed by atoms with Crippen molar-refractivity contribution in [3.05, 3.63) is 29.2 Å². The molecular formula is C5H8NO2. The van der Waals surface area contributed by atoms with Crippen LogP contribution in [0, 0.1) is 17.0 Å². The Hall–Kier alpha value is -0.860. The molecule has 0 fully saturated rings. The SMILES string of the molecule is [CH2]CC=CC[N+](=O)[O-]. The van der Waals surface area contributed by atoms with Crippen molar-refractivity contribution in [1.82, 2.24) is 0 Å². The number of rotatable bonds is 3. The van der Waals surface area contributed by atoms with Gasteiger partial charge in [0.1, 0.15) is 0 Å². The lowest BCUT2D eigenvalue weighted by molar-refractivity contribution is -0.468. The summed E-state index contributed by atoms with van der Waals surface area (Å²) in [5.74, 6) is 0. The van der Waals surface area contributed by atoms with Crippen LogP contribution in [0.1, 0.15) is 6.42 Å². The molecule has 0 aliphatic heterocycles. The molecule has 0 saturated heterocycles. The molecule has 0 bridgehead atoms. The summed E-state index contributed by atoms with van der Waals surface area (Å²) >= 11 is 0. The minimum absolute atomic E-state index is 0.0878. The molecule has 0 rings (SSSR count). The molecule has 3 nitrogen and oxygen atoms in total. The Bertz CT molecular complexity index is 98.6. The maximum Gasteiger partial charge on any atom is 0.222 e. The summed E-state index contributed by atoms with van der Waals surface area (Å²) < 4.78 is 0. The summed E-state index contributed by atoms with van der Waals surface area (Å²) in [6.45, 7) is 3.39. The van der Waals surface area contributed by atoms with Crippen molar-refractivity contribution >= 4 is 0 Å². The smallest absolute Gasteiger partial charge is 0.222 e. The van der Waals surface area contributed by atoms with Gasteiger partial charge in [-0.3, -0.25) is 10.1 Å². The molecule has 0 spiro atoms. The van der Waals surface area contributed by atoms with Crippen LogP contribution in [0.15, 0.2) is 12.2 Å². The Balaban J connectivity index is 3.16. The van der Waals surface area contributed by atoms with Gasteiger partial charge in [0.2, 0.25) is 6.54 Å². The first-order valence-corrected chi connectivity index (χ1v) is 2.33. The van der Waals surface area contributed by atoms with E-state index in [9.17, 15) is 10.1 Å². The fourth-order valence-electron chi connectivity index (χ4n) is 0.278. The quantitative estimate of drug-likeness (QED) is 0.312. The highest BCUT2D eigenvalue weighted by atomic mass is 16.6. The zero-order valence-electron chi connectivity index (χ0n) is 4.54. The summed E-state index contributed by atoms with van der Waals surface area (Å²) in [5.41, 5.74) is 0. The molecule has 0 amide bonds. The fraction of sp³-hybridized carbons (Fsp3) is 0.400. The van der Waals surface area contributed by atoms with Crippen molar-refractivity contribution in [3.8, 4) is 0 Å². The van der Waals surface area contributed by atoms with Crippen molar-refractivity contribution in [3.63, 3.8) is 0 Å². The van der Waals surface area contributed by atoms with Gasteiger partial charge in [0.15, 0.2) is 0 Å². The van der Waals surface area contributed by atoms with E-state index in [1.165, 1.54) is 6.08 Å². The van der Waals surface area contributed by atoms with Gasteiger partial charge < -0.3 is 0 Å². The lowest BCUT2D eigenvalue weighted by atomic mass is 10.4. The van der Waals surface area contributed by atoms with Crippen molar-refractivity contribution in [2.75, 3.05) is 6.54 Å². The molecule has 1 radical (unpaired) electrons. The molecule has 8 heavy (non-hydrogen) atoms. The second-order valence-corrected chi connectivity index (χ2v) is 1.28. The van der Waals surface area contributed by atoms with Crippen LogP contribution in [0.3, 0.4) is 0 Å². The van der Waals surface area contributed by atoms with Gasteiger partial charge in [-0.2, -0.15) is 0 Å². The van der Waals surface area contributed by atoms with Crippen LogP contribution in [-0.4, -0.2) is 11.5 Å². The topological polar surface area (TPSA) is 43.1 Å². The number of allylic oxidation sites excluding steroid dienone is 1. The highest BCUT2D eigenvalue weighted by molar-refractivity contribution is 4.81. The van der Waals surface area contributed by atoms with Crippen molar-refractivity contribution in [2.24, 2.45) is 0 Å². The number of nitro groups is 1. The molecule has 45 valence electrons. The van der Waals surface area contributed by atoms with Gasteiger partial charge in [-0.25, -0.2) is 0 Å². The van der Waals surface area contributed by atoms with Gasteiger partial charge in [0.05, 0.1) is 0 Å². The Morgan fingerprint density at radius 3 is 2.62 bits per heavy atom. The maximum atomic E-state index is 9.61. The van der Waals surface area contributed by atoms with Crippen LogP contribution in [0.2, 0.25) is 0 Å². The number of hydrogen-bond donors (Lipinski definition) is 0. The van der Waals surface area contributed by atoms with E-state index in [1.54, 1.807) is 6.08 Å². The zero-order valence-corrected chi connectivity index (χ0v) is 4.54. The molecule has 0 unspecified atom stereocenters. The average Bonchev–Trinajstić information content (AvgIpc) is 1.66. The van der Waals surface area contributed by atoms with Crippen LogP contribution in [0.4, 0.5) is 0 Å². The monoisotopic (exact) mass is 114 g/mol. The van der Waals surface area contributed by atoms with Crippen molar-refractivity contribution < 1.29 is 4.92 Å². The highest BCUT2D eigenvalue weighted by Gasteiger charge is 1.84. The lowest BCUT2D eigenvalue weighted by Gasteiger charge is -1.80. The van der Waals surface area contributed by atoms with Crippen LogP contribution >= 0.6 is 0 Å². The molecule has 0 aliphatic rings. The molecule has 0 aromatic rings. The Morgan fingerprint density at radius 2 is 2.25 bits per heavy atom. The molecule has 0 saturated carbocycles. The number of hydrogen-bond acceptors (Lipinski definition) is 2. The van der Waals surface area contributed by atoms with Crippen LogP contribution in [0.25, 0.3) is 0 Å². The van der Waals surface area contributed by atoms with E-state index in [-0.39, 0.29) is 11.5 Å². The van der Waals surface area contributed by atoms with E-state index in [4.69, 9.17) is 0 Å². The van der Waals surface area contributed by atoms with E-state index in [1.807, 2.05) is 0 Å². The Morgan fingerprint density at radius 1 is 1.62 bits per heavy atom. The standard InChI is InChI=1S/C5H8NO2/c1-2-3-4-5-6(7)8/h3-4H,1-2,5H2. The van der Waals surface area contributed by atoms with Crippen LogP contribution < -0.4 is 0 Å². The molecule has 3 heteroatoms. The van der Waals surface area contributed by atoms with Crippen molar-refractivity contribution in [1.29, 1.82) is 0 Å². The molecular weight excluding hydrogens is 106 g/mol. The summed E-state index contributed by atoms with van der Waals surface area (Å²) in [6, 6.07) is 0. The largest absolute Gasteiger partial charge is 0.264 e. The van der Waals surface area contributed by atoms with Gasteiger partial charge in [-0.05, 0) is 19.4 Å². The molecule has 0 aliphatic carbocycles. The summed E-state index contributed by atoms with van der Waals surface area (Å²) in [7, 11) is 0. The third kappa shape index (κ3) is 5.14.